The topological polar surface area (TPSA) is 49.8 Å². The lowest BCUT2D eigenvalue weighted by Gasteiger charge is -2.34. The van der Waals surface area contributed by atoms with E-state index >= 15 is 0 Å². The van der Waals surface area contributed by atoms with Crippen LogP contribution in [0.4, 0.5) is 5.82 Å². The van der Waals surface area contributed by atoms with Crippen LogP contribution in [0.25, 0.3) is 0 Å². The molecular weight excluding hydrogens is 248 g/mol. The summed E-state index contributed by atoms with van der Waals surface area (Å²) in [6.45, 7) is 5.69. The summed E-state index contributed by atoms with van der Waals surface area (Å²) in [5.41, 5.74) is 3.05. The number of fused-ring (bicyclic) bond motifs is 1. The predicted octanol–water partition coefficient (Wildman–Crippen LogP) is 2.55. The summed E-state index contributed by atoms with van der Waals surface area (Å²) >= 11 is 0. The molecule has 0 aromatic carbocycles. The summed E-state index contributed by atoms with van der Waals surface area (Å²) in [4.78, 5) is 9.00. The summed E-state index contributed by atoms with van der Waals surface area (Å²) < 4.78 is 0. The van der Waals surface area contributed by atoms with Crippen LogP contribution in [-0.2, 0) is 12.8 Å². The minimum atomic E-state index is 0.397. The number of aromatic nitrogens is 2. The number of hydrogen-bond donors (Lipinski definition) is 2. The summed E-state index contributed by atoms with van der Waals surface area (Å²) in [5.74, 6) is 1.09. The van der Waals surface area contributed by atoms with Gasteiger partial charge in [0, 0.05) is 17.8 Å². The van der Waals surface area contributed by atoms with E-state index in [0.29, 0.717) is 5.41 Å². The van der Waals surface area contributed by atoms with E-state index in [2.05, 4.69) is 27.5 Å². The van der Waals surface area contributed by atoms with Crippen LogP contribution in [-0.4, -0.2) is 29.6 Å². The van der Waals surface area contributed by atoms with Crippen molar-refractivity contribution in [1.82, 2.24) is 15.3 Å². The van der Waals surface area contributed by atoms with E-state index in [0.717, 1.165) is 38.3 Å². The van der Waals surface area contributed by atoms with Crippen molar-refractivity contribution < 1.29 is 0 Å². The van der Waals surface area contributed by atoms with Crippen LogP contribution >= 0.6 is 0 Å². The zero-order chi connectivity index (χ0) is 13.8. The second-order valence-electron chi connectivity index (χ2n) is 6.62. The van der Waals surface area contributed by atoms with Crippen molar-refractivity contribution in [3.63, 3.8) is 0 Å². The van der Waals surface area contributed by atoms with E-state index in [1.54, 1.807) is 6.33 Å². The molecule has 0 amide bonds. The molecule has 110 valence electrons. The molecule has 4 heteroatoms. The Labute approximate surface area is 121 Å². The molecule has 0 saturated carbocycles. The number of piperidine rings is 1. The lowest BCUT2D eigenvalue weighted by atomic mass is 9.81. The van der Waals surface area contributed by atoms with Crippen molar-refractivity contribution in [2.24, 2.45) is 5.41 Å². The Morgan fingerprint density at radius 1 is 1.15 bits per heavy atom. The highest BCUT2D eigenvalue weighted by atomic mass is 15.0. The smallest absolute Gasteiger partial charge is 0.132 e. The summed E-state index contributed by atoms with van der Waals surface area (Å²) in [7, 11) is 0. The highest BCUT2D eigenvalue weighted by molar-refractivity contribution is 5.46. The van der Waals surface area contributed by atoms with Crippen LogP contribution in [0.3, 0.4) is 0 Å². The van der Waals surface area contributed by atoms with Crippen LogP contribution in [0.2, 0.25) is 0 Å². The largest absolute Gasteiger partial charge is 0.369 e. The number of aryl methyl sites for hydroxylation is 1. The molecule has 1 aliphatic heterocycles. The molecule has 1 saturated heterocycles. The molecule has 2 aliphatic rings. The first-order valence-corrected chi connectivity index (χ1v) is 8.04. The summed E-state index contributed by atoms with van der Waals surface area (Å²) in [6.07, 6.45) is 10.3. The van der Waals surface area contributed by atoms with Gasteiger partial charge in [-0.25, -0.2) is 9.97 Å². The predicted molar refractivity (Wildman–Crippen MR) is 82.0 cm³/mol. The van der Waals surface area contributed by atoms with Gasteiger partial charge < -0.3 is 10.6 Å². The Balaban J connectivity index is 1.71. The standard InChI is InChI=1S/C16H26N4/c1-16(7-9-17-10-8-16)11-18-15-13-5-3-2-4-6-14(13)19-12-20-15/h12,17H,2-11H2,1H3,(H,18,19,20). The van der Waals surface area contributed by atoms with Gasteiger partial charge in [-0.15, -0.1) is 0 Å². The van der Waals surface area contributed by atoms with Crippen LogP contribution in [0.15, 0.2) is 6.33 Å². The van der Waals surface area contributed by atoms with E-state index in [1.165, 1.54) is 43.4 Å². The monoisotopic (exact) mass is 274 g/mol. The first-order chi connectivity index (χ1) is 9.77. The van der Waals surface area contributed by atoms with Crippen molar-refractivity contribution in [1.29, 1.82) is 0 Å². The maximum absolute atomic E-state index is 4.51. The Kier molecular flexibility index (Phi) is 4.20. The molecule has 0 atom stereocenters. The van der Waals surface area contributed by atoms with Crippen molar-refractivity contribution in [2.75, 3.05) is 25.0 Å². The highest BCUT2D eigenvalue weighted by Crippen LogP contribution is 2.29. The number of rotatable bonds is 3. The molecule has 1 aromatic rings. The van der Waals surface area contributed by atoms with Gasteiger partial charge in [-0.3, -0.25) is 0 Å². The lowest BCUT2D eigenvalue weighted by molar-refractivity contribution is 0.247. The maximum atomic E-state index is 4.51. The van der Waals surface area contributed by atoms with Gasteiger partial charge in [-0.05, 0) is 57.0 Å². The first kappa shape index (κ1) is 13.8. The van der Waals surface area contributed by atoms with E-state index in [4.69, 9.17) is 0 Å². The van der Waals surface area contributed by atoms with Gasteiger partial charge in [0.25, 0.3) is 0 Å². The molecule has 2 N–H and O–H groups in total. The quantitative estimate of drug-likeness (QED) is 0.832. The molecule has 0 unspecified atom stereocenters. The van der Waals surface area contributed by atoms with Gasteiger partial charge >= 0.3 is 0 Å². The average Bonchev–Trinajstić information content (AvgIpc) is 2.71. The fourth-order valence-electron chi connectivity index (χ4n) is 3.35. The summed E-state index contributed by atoms with van der Waals surface area (Å²) in [6, 6.07) is 0. The maximum Gasteiger partial charge on any atom is 0.132 e. The number of hydrogen-bond acceptors (Lipinski definition) is 4. The fourth-order valence-corrected chi connectivity index (χ4v) is 3.35. The molecule has 1 aromatic heterocycles. The van der Waals surface area contributed by atoms with E-state index in [9.17, 15) is 0 Å². The number of nitrogens with one attached hydrogen (secondary N) is 2. The fraction of sp³-hybridized carbons (Fsp3) is 0.750. The zero-order valence-electron chi connectivity index (χ0n) is 12.5. The minimum absolute atomic E-state index is 0.397. The third kappa shape index (κ3) is 3.11. The molecular formula is C16H26N4. The summed E-state index contributed by atoms with van der Waals surface area (Å²) in [5, 5.41) is 7.07. The third-order valence-electron chi connectivity index (χ3n) is 4.87. The molecule has 1 aliphatic carbocycles. The molecule has 4 nitrogen and oxygen atoms in total. The lowest BCUT2D eigenvalue weighted by Crippen LogP contribution is -2.39. The van der Waals surface area contributed by atoms with Gasteiger partial charge in [0.2, 0.25) is 0 Å². The van der Waals surface area contributed by atoms with Crippen LogP contribution in [0.5, 0.6) is 0 Å². The number of nitrogens with zero attached hydrogens (tertiary/aromatic N) is 2. The second kappa shape index (κ2) is 6.08. The second-order valence-corrected chi connectivity index (χ2v) is 6.62. The van der Waals surface area contributed by atoms with Crippen molar-refractivity contribution in [3.05, 3.63) is 17.6 Å². The molecule has 2 heterocycles. The van der Waals surface area contributed by atoms with Gasteiger partial charge in [0.1, 0.15) is 12.1 Å². The molecule has 1 fully saturated rings. The Morgan fingerprint density at radius 2 is 1.95 bits per heavy atom. The van der Waals surface area contributed by atoms with E-state index in [1.807, 2.05) is 0 Å². The SMILES string of the molecule is CC1(CNc2ncnc3c2CCCCC3)CCNCC1. The third-order valence-corrected chi connectivity index (χ3v) is 4.87. The molecule has 0 radical (unpaired) electrons. The van der Waals surface area contributed by atoms with Crippen molar-refractivity contribution in [2.45, 2.75) is 51.9 Å². The molecule has 0 bridgehead atoms. The average molecular weight is 274 g/mol. The van der Waals surface area contributed by atoms with Crippen molar-refractivity contribution in [3.8, 4) is 0 Å². The first-order valence-electron chi connectivity index (χ1n) is 8.04. The highest BCUT2D eigenvalue weighted by Gasteiger charge is 2.27. The minimum Gasteiger partial charge on any atom is -0.369 e. The Morgan fingerprint density at radius 3 is 2.80 bits per heavy atom. The van der Waals surface area contributed by atoms with Crippen LogP contribution < -0.4 is 10.6 Å². The van der Waals surface area contributed by atoms with Gasteiger partial charge in [0.15, 0.2) is 0 Å². The normalized spacial score (nSPS) is 21.9. The van der Waals surface area contributed by atoms with E-state index in [-0.39, 0.29) is 0 Å². The Bertz CT molecular complexity index is 452. The Hall–Kier alpha value is -1.16. The molecule has 3 rings (SSSR count). The molecule has 0 spiro atoms. The van der Waals surface area contributed by atoms with Crippen LogP contribution in [0, 0.1) is 5.41 Å². The van der Waals surface area contributed by atoms with Crippen LogP contribution in [0.1, 0.15) is 50.3 Å². The van der Waals surface area contributed by atoms with Crippen molar-refractivity contribution >= 4 is 5.82 Å². The van der Waals surface area contributed by atoms with Gasteiger partial charge in [-0.1, -0.05) is 13.3 Å². The van der Waals surface area contributed by atoms with E-state index < -0.39 is 0 Å². The number of anilines is 1. The molecule has 20 heavy (non-hydrogen) atoms. The zero-order valence-corrected chi connectivity index (χ0v) is 12.5. The van der Waals surface area contributed by atoms with Gasteiger partial charge in [0.05, 0.1) is 0 Å². The van der Waals surface area contributed by atoms with Gasteiger partial charge in [-0.2, -0.15) is 0 Å².